The van der Waals surface area contributed by atoms with Gasteiger partial charge < -0.3 is 16.8 Å². The number of carbonyl (C=O) groups excluding carboxylic acids is 1. The fourth-order valence-electron chi connectivity index (χ4n) is 2.81. The zero-order valence-corrected chi connectivity index (χ0v) is 15.2. The molecule has 1 aliphatic rings. The van der Waals surface area contributed by atoms with Crippen molar-refractivity contribution in [1.82, 2.24) is 4.98 Å². The summed E-state index contributed by atoms with van der Waals surface area (Å²) in [6.07, 6.45) is 6.26. The van der Waals surface area contributed by atoms with Gasteiger partial charge in [0, 0.05) is 17.5 Å². The maximum Gasteiger partial charge on any atom is 0.252 e. The minimum absolute atomic E-state index is 0.0288. The Labute approximate surface area is 152 Å². The summed E-state index contributed by atoms with van der Waals surface area (Å²) in [6.45, 7) is 9.99. The minimum atomic E-state index is -0.801. The van der Waals surface area contributed by atoms with E-state index in [0.717, 1.165) is 23.6 Å². The molecule has 0 saturated heterocycles. The summed E-state index contributed by atoms with van der Waals surface area (Å²) in [5, 5.41) is 3.03. The Hall–Kier alpha value is -2.96. The summed E-state index contributed by atoms with van der Waals surface area (Å²) >= 11 is 0. The van der Waals surface area contributed by atoms with E-state index in [-0.39, 0.29) is 23.2 Å². The highest BCUT2D eigenvalue weighted by molar-refractivity contribution is 5.99. The van der Waals surface area contributed by atoms with Gasteiger partial charge in [0.25, 0.3) is 5.91 Å². The zero-order chi connectivity index (χ0) is 19.4. The van der Waals surface area contributed by atoms with Crippen LogP contribution in [0, 0.1) is 11.7 Å². The van der Waals surface area contributed by atoms with Crippen LogP contribution in [0.3, 0.4) is 0 Å². The first-order chi connectivity index (χ1) is 12.3. The van der Waals surface area contributed by atoms with E-state index in [1.165, 1.54) is 0 Å². The summed E-state index contributed by atoms with van der Waals surface area (Å²) in [4.78, 5) is 20.1. The maximum absolute atomic E-state index is 13.6. The van der Waals surface area contributed by atoms with Crippen molar-refractivity contribution >= 4 is 23.8 Å². The monoisotopic (exact) mass is 357 g/mol. The third-order valence-corrected chi connectivity index (χ3v) is 4.07. The fourth-order valence-corrected chi connectivity index (χ4v) is 2.81. The lowest BCUT2D eigenvalue weighted by Crippen LogP contribution is -2.18. The van der Waals surface area contributed by atoms with Crippen LogP contribution in [-0.4, -0.2) is 23.1 Å². The summed E-state index contributed by atoms with van der Waals surface area (Å²) < 4.78 is 13.6. The van der Waals surface area contributed by atoms with Crippen LogP contribution in [0.2, 0.25) is 0 Å². The zero-order valence-electron chi connectivity index (χ0n) is 15.2. The van der Waals surface area contributed by atoms with E-state index >= 15 is 0 Å². The van der Waals surface area contributed by atoms with Gasteiger partial charge in [-0.15, -0.1) is 0 Å². The number of nitrogens with two attached hydrogens (primary N) is 2. The Kier molecular flexibility index (Phi) is 5.92. The molecule has 1 aliphatic heterocycles. The highest BCUT2D eigenvalue weighted by atomic mass is 19.1. The quantitative estimate of drug-likeness (QED) is 0.696. The second-order valence-corrected chi connectivity index (χ2v) is 6.44. The molecule has 6 nitrogen and oxygen atoms in total. The number of pyridine rings is 1. The molecular weight excluding hydrogens is 333 g/mol. The molecule has 1 unspecified atom stereocenters. The molecule has 1 atom stereocenters. The van der Waals surface area contributed by atoms with Crippen molar-refractivity contribution in [3.63, 3.8) is 0 Å². The summed E-state index contributed by atoms with van der Waals surface area (Å²) in [7, 11) is 0. The molecule has 0 fully saturated rings. The number of nitrogen functional groups attached to an aromatic ring is 1. The number of aliphatic imine (C=N–C) groups is 1. The molecule has 1 aromatic rings. The second-order valence-electron chi connectivity index (χ2n) is 6.44. The number of anilines is 2. The van der Waals surface area contributed by atoms with Crippen LogP contribution in [0.25, 0.3) is 0 Å². The van der Waals surface area contributed by atoms with E-state index < -0.39 is 11.7 Å². The first-order valence-corrected chi connectivity index (χ1v) is 8.37. The second kappa shape index (κ2) is 7.95. The van der Waals surface area contributed by atoms with Gasteiger partial charge in [-0.3, -0.25) is 9.79 Å². The van der Waals surface area contributed by atoms with Crippen LogP contribution >= 0.6 is 0 Å². The van der Waals surface area contributed by atoms with Crippen molar-refractivity contribution in [1.29, 1.82) is 0 Å². The molecule has 0 radical (unpaired) electrons. The lowest BCUT2D eigenvalue weighted by atomic mass is 9.95. The SMILES string of the molecule is C=CC1=C(/C(=C\C)Nc2nc(N)c(F)cc2C(N)=O)C=NC1CC(C)C. The van der Waals surface area contributed by atoms with Gasteiger partial charge >= 0.3 is 0 Å². The predicted molar refractivity (Wildman–Crippen MR) is 103 cm³/mol. The van der Waals surface area contributed by atoms with E-state index in [1.54, 1.807) is 12.3 Å². The number of aromatic nitrogens is 1. The largest absolute Gasteiger partial charge is 0.381 e. The topological polar surface area (TPSA) is 106 Å². The molecular formula is C19H24FN5O. The molecule has 7 heteroatoms. The Morgan fingerprint density at radius 3 is 2.73 bits per heavy atom. The van der Waals surface area contributed by atoms with Crippen molar-refractivity contribution in [2.45, 2.75) is 33.2 Å². The van der Waals surface area contributed by atoms with Crippen LogP contribution in [0.4, 0.5) is 16.0 Å². The summed E-state index contributed by atoms with van der Waals surface area (Å²) in [6, 6.07) is 1.01. The smallest absolute Gasteiger partial charge is 0.252 e. The predicted octanol–water partition coefficient (Wildman–Crippen LogP) is 3.20. The number of allylic oxidation sites excluding steroid dienone is 2. The van der Waals surface area contributed by atoms with E-state index in [2.05, 4.69) is 35.7 Å². The lowest BCUT2D eigenvalue weighted by Gasteiger charge is -2.16. The molecule has 1 aromatic heterocycles. The molecule has 5 N–H and O–H groups in total. The normalized spacial score (nSPS) is 17.1. The van der Waals surface area contributed by atoms with Gasteiger partial charge in [0.15, 0.2) is 11.6 Å². The molecule has 138 valence electrons. The maximum atomic E-state index is 13.6. The number of amides is 1. The van der Waals surface area contributed by atoms with Crippen LogP contribution in [0.15, 0.2) is 46.6 Å². The Morgan fingerprint density at radius 2 is 2.19 bits per heavy atom. The number of primary amides is 1. The highest BCUT2D eigenvalue weighted by Crippen LogP contribution is 2.30. The van der Waals surface area contributed by atoms with Crippen LogP contribution in [0.5, 0.6) is 0 Å². The van der Waals surface area contributed by atoms with Gasteiger partial charge in [-0.2, -0.15) is 0 Å². The average Bonchev–Trinajstić information content (AvgIpc) is 2.96. The minimum Gasteiger partial charge on any atom is -0.381 e. The van der Waals surface area contributed by atoms with Crippen LogP contribution in [-0.2, 0) is 0 Å². The van der Waals surface area contributed by atoms with Crippen LogP contribution in [0.1, 0.15) is 37.6 Å². The van der Waals surface area contributed by atoms with Crippen LogP contribution < -0.4 is 16.8 Å². The number of nitrogens with zero attached hydrogens (tertiary/aromatic N) is 2. The third kappa shape index (κ3) is 3.99. The van der Waals surface area contributed by atoms with Crippen molar-refractivity contribution < 1.29 is 9.18 Å². The third-order valence-electron chi connectivity index (χ3n) is 4.07. The Morgan fingerprint density at radius 1 is 1.50 bits per heavy atom. The molecule has 1 amide bonds. The van der Waals surface area contributed by atoms with Gasteiger partial charge in [-0.05, 0) is 30.9 Å². The molecule has 2 heterocycles. The van der Waals surface area contributed by atoms with E-state index in [9.17, 15) is 9.18 Å². The number of nitrogens with one attached hydrogen (secondary N) is 1. The number of hydrogen-bond acceptors (Lipinski definition) is 5. The highest BCUT2D eigenvalue weighted by Gasteiger charge is 2.24. The van der Waals surface area contributed by atoms with E-state index in [0.29, 0.717) is 11.6 Å². The van der Waals surface area contributed by atoms with Gasteiger partial charge in [0.1, 0.15) is 5.82 Å². The van der Waals surface area contributed by atoms with Gasteiger partial charge in [0.2, 0.25) is 0 Å². The molecule has 26 heavy (non-hydrogen) atoms. The molecule has 0 spiro atoms. The van der Waals surface area contributed by atoms with Crippen molar-refractivity contribution in [3.05, 3.63) is 53.0 Å². The number of rotatable bonds is 7. The van der Waals surface area contributed by atoms with Gasteiger partial charge in [-0.25, -0.2) is 9.37 Å². The van der Waals surface area contributed by atoms with Gasteiger partial charge in [0.05, 0.1) is 11.6 Å². The number of hydrogen-bond donors (Lipinski definition) is 3. The van der Waals surface area contributed by atoms with Crippen molar-refractivity contribution in [2.75, 3.05) is 11.1 Å². The van der Waals surface area contributed by atoms with E-state index in [4.69, 9.17) is 11.5 Å². The molecule has 0 aliphatic carbocycles. The standard InChI is InChI=1S/C19H24FN5O/c1-5-11-13(9-23-16(11)7-10(3)4)15(6-2)24-19-12(18(22)26)8-14(20)17(21)25-19/h5-6,8-10,16H,1,7H2,2-4H3,(H2,22,26)(H3,21,24,25)/b15-6+. The molecule has 2 rings (SSSR count). The Balaban J connectivity index is 2.42. The molecule has 0 saturated carbocycles. The number of carbonyl (C=O) groups is 1. The van der Waals surface area contributed by atoms with Crippen molar-refractivity contribution in [2.24, 2.45) is 16.6 Å². The summed E-state index contributed by atoms with van der Waals surface area (Å²) in [5.41, 5.74) is 13.3. The molecule has 0 bridgehead atoms. The average molecular weight is 357 g/mol. The van der Waals surface area contributed by atoms with Crippen molar-refractivity contribution in [3.8, 4) is 0 Å². The Bertz CT molecular complexity index is 823. The first kappa shape index (κ1) is 19.4. The van der Waals surface area contributed by atoms with E-state index in [1.807, 2.05) is 13.0 Å². The number of halogens is 1. The first-order valence-electron chi connectivity index (χ1n) is 8.37. The van der Waals surface area contributed by atoms with Gasteiger partial charge in [-0.1, -0.05) is 32.6 Å². The fraction of sp³-hybridized carbons (Fsp3) is 0.316. The summed E-state index contributed by atoms with van der Waals surface area (Å²) in [5.74, 6) is -1.33. The lowest BCUT2D eigenvalue weighted by molar-refractivity contribution is 0.100. The molecule has 0 aromatic carbocycles.